The number of amides is 1. The number of anilines is 1. The van der Waals surface area contributed by atoms with Crippen LogP contribution in [0.15, 0.2) is 52.2 Å². The van der Waals surface area contributed by atoms with Crippen LogP contribution in [0, 0.1) is 0 Å². The van der Waals surface area contributed by atoms with E-state index in [-0.39, 0.29) is 23.0 Å². The average molecular weight is 433 g/mol. The Labute approximate surface area is 174 Å². The first-order valence-corrected chi connectivity index (χ1v) is 10.5. The monoisotopic (exact) mass is 432 g/mol. The molecule has 0 atom stereocenters. The molecule has 3 rings (SSSR count). The van der Waals surface area contributed by atoms with Crippen LogP contribution in [0.4, 0.5) is 5.69 Å². The number of rotatable bonds is 6. The Hall–Kier alpha value is -3.27. The van der Waals surface area contributed by atoms with Gasteiger partial charge >= 0.3 is 5.69 Å². The second kappa shape index (κ2) is 7.86. The summed E-state index contributed by atoms with van der Waals surface area (Å²) in [6.07, 6.45) is 0. The third kappa shape index (κ3) is 3.65. The zero-order valence-electron chi connectivity index (χ0n) is 17.5. The fraction of sp³-hybridized carbons (Fsp3) is 0.300. The smallest absolute Gasteiger partial charge is 0.328 e. The number of fused-ring (bicyclic) bond motifs is 1. The number of sulfonamides is 1. The molecule has 10 heteroatoms. The van der Waals surface area contributed by atoms with Crippen molar-refractivity contribution in [3.63, 3.8) is 0 Å². The van der Waals surface area contributed by atoms with Gasteiger partial charge in [-0.3, -0.25) is 18.2 Å². The molecule has 160 valence electrons. The number of aromatic nitrogens is 2. The van der Waals surface area contributed by atoms with Crippen LogP contribution in [0.1, 0.15) is 0 Å². The molecule has 0 bridgehead atoms. The van der Waals surface area contributed by atoms with Crippen molar-refractivity contribution < 1.29 is 17.9 Å². The number of carbonyl (C=O) groups is 1. The van der Waals surface area contributed by atoms with Gasteiger partial charge in [-0.2, -0.15) is 0 Å². The number of benzene rings is 2. The van der Waals surface area contributed by atoms with Crippen molar-refractivity contribution in [3.8, 4) is 5.75 Å². The van der Waals surface area contributed by atoms with E-state index >= 15 is 0 Å². The molecule has 1 aromatic heterocycles. The molecule has 0 fully saturated rings. The van der Waals surface area contributed by atoms with Gasteiger partial charge in [-0.1, -0.05) is 0 Å². The first-order chi connectivity index (χ1) is 14.1. The van der Waals surface area contributed by atoms with E-state index in [2.05, 4.69) is 0 Å². The highest BCUT2D eigenvalue weighted by Gasteiger charge is 2.28. The number of hydrogen-bond donors (Lipinski definition) is 0. The van der Waals surface area contributed by atoms with Crippen LogP contribution < -0.4 is 14.7 Å². The highest BCUT2D eigenvalue weighted by molar-refractivity contribution is 7.92. The van der Waals surface area contributed by atoms with Gasteiger partial charge in [0.25, 0.3) is 10.0 Å². The Balaban J connectivity index is 2.15. The first kappa shape index (κ1) is 21.4. The molecule has 1 heterocycles. The summed E-state index contributed by atoms with van der Waals surface area (Å²) in [5.74, 6) is 0.193. The van der Waals surface area contributed by atoms with E-state index in [1.54, 1.807) is 58.5 Å². The van der Waals surface area contributed by atoms with E-state index < -0.39 is 10.0 Å². The molecule has 9 nitrogen and oxygen atoms in total. The Kier molecular flexibility index (Phi) is 5.62. The lowest BCUT2D eigenvalue weighted by Gasteiger charge is -2.25. The molecule has 0 spiro atoms. The topological polar surface area (TPSA) is 93.8 Å². The van der Waals surface area contributed by atoms with Gasteiger partial charge in [0.2, 0.25) is 5.91 Å². The summed E-state index contributed by atoms with van der Waals surface area (Å²) in [4.78, 5) is 25.9. The summed E-state index contributed by atoms with van der Waals surface area (Å²) in [5, 5.41) is 0. The Morgan fingerprint density at radius 2 is 1.60 bits per heavy atom. The van der Waals surface area contributed by atoms with E-state index in [1.165, 1.54) is 33.3 Å². The molecule has 0 saturated heterocycles. The van der Waals surface area contributed by atoms with Gasteiger partial charge in [0, 0.05) is 28.2 Å². The van der Waals surface area contributed by atoms with Gasteiger partial charge in [0.1, 0.15) is 12.3 Å². The normalized spacial score (nSPS) is 11.5. The van der Waals surface area contributed by atoms with Crippen molar-refractivity contribution in [1.82, 2.24) is 14.0 Å². The third-order valence-electron chi connectivity index (χ3n) is 4.97. The molecule has 0 radical (unpaired) electrons. The number of nitrogens with zero attached hydrogens (tertiary/aromatic N) is 4. The van der Waals surface area contributed by atoms with Crippen molar-refractivity contribution in [2.24, 2.45) is 14.1 Å². The van der Waals surface area contributed by atoms with Gasteiger partial charge in [-0.25, -0.2) is 13.2 Å². The summed E-state index contributed by atoms with van der Waals surface area (Å²) in [5.41, 5.74) is 1.17. The molecule has 0 saturated carbocycles. The molecule has 30 heavy (non-hydrogen) atoms. The fourth-order valence-corrected chi connectivity index (χ4v) is 4.54. The van der Waals surface area contributed by atoms with E-state index in [0.29, 0.717) is 22.5 Å². The molecule has 1 amide bonds. The molecule has 0 aliphatic carbocycles. The lowest BCUT2D eigenvalue weighted by molar-refractivity contribution is -0.127. The SMILES string of the molecule is COc1ccc(N(CC(=O)N(C)C)S(=O)(=O)c2ccc3c(c2)n(C)c(=O)n3C)cc1. The van der Waals surface area contributed by atoms with Gasteiger partial charge in [0.05, 0.1) is 28.7 Å². The molecule has 0 aliphatic heterocycles. The molecular weight excluding hydrogens is 408 g/mol. The van der Waals surface area contributed by atoms with E-state index in [4.69, 9.17) is 4.74 Å². The quantitative estimate of drug-likeness (QED) is 0.583. The van der Waals surface area contributed by atoms with Crippen molar-refractivity contribution in [1.29, 1.82) is 0 Å². The average Bonchev–Trinajstić information content (AvgIpc) is 2.95. The van der Waals surface area contributed by atoms with Gasteiger partial charge in [0.15, 0.2) is 0 Å². The van der Waals surface area contributed by atoms with Crippen LogP contribution in [-0.2, 0) is 28.9 Å². The highest BCUT2D eigenvalue weighted by Crippen LogP contribution is 2.27. The summed E-state index contributed by atoms with van der Waals surface area (Å²) in [6.45, 7) is -0.368. The van der Waals surface area contributed by atoms with Crippen LogP contribution in [0.25, 0.3) is 11.0 Å². The Morgan fingerprint density at radius 1 is 1.00 bits per heavy atom. The highest BCUT2D eigenvalue weighted by atomic mass is 32.2. The van der Waals surface area contributed by atoms with Crippen molar-refractivity contribution in [3.05, 3.63) is 52.9 Å². The molecule has 0 aliphatic rings. The minimum Gasteiger partial charge on any atom is -0.497 e. The van der Waals surface area contributed by atoms with Crippen LogP contribution in [-0.4, -0.2) is 56.1 Å². The maximum absolute atomic E-state index is 13.5. The zero-order chi connectivity index (χ0) is 22.2. The van der Waals surface area contributed by atoms with Gasteiger partial charge in [-0.15, -0.1) is 0 Å². The Bertz CT molecular complexity index is 1260. The van der Waals surface area contributed by atoms with Crippen LogP contribution in [0.5, 0.6) is 5.75 Å². The maximum Gasteiger partial charge on any atom is 0.328 e. The maximum atomic E-state index is 13.5. The summed E-state index contributed by atoms with van der Waals surface area (Å²) in [6, 6.07) is 10.9. The van der Waals surface area contributed by atoms with Gasteiger partial charge in [-0.05, 0) is 42.5 Å². The number of methoxy groups -OCH3 is 1. The minimum absolute atomic E-state index is 0.0152. The van der Waals surface area contributed by atoms with Crippen LogP contribution in [0.2, 0.25) is 0 Å². The van der Waals surface area contributed by atoms with Crippen molar-refractivity contribution in [2.75, 3.05) is 32.1 Å². The number of hydrogen-bond acceptors (Lipinski definition) is 5. The van der Waals surface area contributed by atoms with Crippen molar-refractivity contribution in [2.45, 2.75) is 4.90 Å². The number of imidazole rings is 1. The van der Waals surface area contributed by atoms with Crippen molar-refractivity contribution >= 4 is 32.7 Å². The standard InChI is InChI=1S/C20H24N4O5S/c1-21(2)19(25)13-24(14-6-8-15(29-5)9-7-14)30(27,28)16-10-11-17-18(12-16)23(4)20(26)22(17)3/h6-12H,13H2,1-5H3. The van der Waals surface area contributed by atoms with Crippen LogP contribution in [0.3, 0.4) is 0 Å². The predicted molar refractivity (Wildman–Crippen MR) is 114 cm³/mol. The molecule has 2 aromatic carbocycles. The molecule has 3 aromatic rings. The van der Waals surface area contributed by atoms with E-state index in [0.717, 1.165) is 4.31 Å². The number of aryl methyl sites for hydroxylation is 2. The summed E-state index contributed by atoms with van der Waals surface area (Å²) >= 11 is 0. The number of carbonyl (C=O) groups excluding carboxylic acids is 1. The molecular formula is C20H24N4O5S. The third-order valence-corrected chi connectivity index (χ3v) is 6.74. The second-order valence-corrected chi connectivity index (χ2v) is 8.91. The lowest BCUT2D eigenvalue weighted by Crippen LogP contribution is -2.40. The van der Waals surface area contributed by atoms with Gasteiger partial charge < -0.3 is 9.64 Å². The fourth-order valence-electron chi connectivity index (χ4n) is 3.10. The number of ether oxygens (including phenoxy) is 1. The predicted octanol–water partition coefficient (Wildman–Crippen LogP) is 1.17. The second-order valence-electron chi connectivity index (χ2n) is 7.05. The summed E-state index contributed by atoms with van der Waals surface area (Å²) < 4.78 is 36.1. The van der Waals surface area contributed by atoms with E-state index in [9.17, 15) is 18.0 Å². The largest absolute Gasteiger partial charge is 0.497 e. The minimum atomic E-state index is -4.09. The first-order valence-electron chi connectivity index (χ1n) is 9.10. The lowest BCUT2D eigenvalue weighted by atomic mass is 10.3. The number of likely N-dealkylation sites (N-methyl/N-ethyl adjacent to an activating group) is 1. The Morgan fingerprint density at radius 3 is 2.17 bits per heavy atom. The van der Waals surface area contributed by atoms with E-state index in [1.807, 2.05) is 0 Å². The summed E-state index contributed by atoms with van der Waals surface area (Å²) in [7, 11) is 3.75. The molecule has 0 unspecified atom stereocenters. The molecule has 0 N–H and O–H groups in total. The zero-order valence-corrected chi connectivity index (χ0v) is 18.3. The van der Waals surface area contributed by atoms with Crippen LogP contribution >= 0.6 is 0 Å².